The molecule has 1 aromatic heterocycles. The molecule has 160 valence electrons. The second-order valence-electron chi connectivity index (χ2n) is 8.88. The van der Waals surface area contributed by atoms with Crippen molar-refractivity contribution in [1.82, 2.24) is 20.2 Å². The number of hydrogen-bond donors (Lipinski definition) is 1. The molecule has 1 atom stereocenters. The molecule has 2 aliphatic rings. The van der Waals surface area contributed by atoms with Gasteiger partial charge in [-0.1, -0.05) is 30.3 Å². The summed E-state index contributed by atoms with van der Waals surface area (Å²) in [6.45, 7) is 8.37. The third kappa shape index (κ3) is 5.17. The van der Waals surface area contributed by atoms with Gasteiger partial charge in [0.1, 0.15) is 0 Å². The number of piperidine rings is 1. The molecule has 2 saturated heterocycles. The van der Waals surface area contributed by atoms with E-state index in [1.165, 1.54) is 0 Å². The van der Waals surface area contributed by atoms with Crippen molar-refractivity contribution in [3.05, 3.63) is 42.6 Å². The monoisotopic (exact) mass is 407 g/mol. The summed E-state index contributed by atoms with van der Waals surface area (Å²) in [5, 5.41) is 3.26. The predicted molar refractivity (Wildman–Crippen MR) is 120 cm³/mol. The molecule has 2 aliphatic heterocycles. The van der Waals surface area contributed by atoms with E-state index in [-0.39, 0.29) is 11.9 Å². The normalized spacial score (nSPS) is 20.6. The predicted octanol–water partition coefficient (Wildman–Crippen LogP) is 3.35. The number of carbonyl (C=O) groups is 1. The quantitative estimate of drug-likeness (QED) is 0.796. The summed E-state index contributed by atoms with van der Waals surface area (Å²) in [6, 6.07) is 12.9. The van der Waals surface area contributed by atoms with Crippen LogP contribution in [0.5, 0.6) is 0 Å². The van der Waals surface area contributed by atoms with Crippen molar-refractivity contribution in [2.75, 3.05) is 31.1 Å². The molecule has 6 nitrogen and oxygen atoms in total. The SMILES string of the molecule is CC(C)N1CCC(CC(=O)NC2CCN(c3nccc(-c4ccccc4)n3)C2)CC1. The summed E-state index contributed by atoms with van der Waals surface area (Å²) in [4.78, 5) is 26.5. The summed E-state index contributed by atoms with van der Waals surface area (Å²) in [6.07, 6.45) is 5.67. The fraction of sp³-hybridized carbons (Fsp3) is 0.542. The maximum absolute atomic E-state index is 12.6. The Bertz CT molecular complexity index is 832. The standard InChI is InChI=1S/C24H33N5O/c1-18(2)28-13-9-19(10-14-28)16-23(30)26-21-11-15-29(17-21)24-25-12-8-22(27-24)20-6-4-3-5-7-20/h3-8,12,18-19,21H,9-11,13-17H2,1-2H3,(H,26,30). The first-order chi connectivity index (χ1) is 14.6. The van der Waals surface area contributed by atoms with Crippen molar-refractivity contribution in [3.8, 4) is 11.3 Å². The van der Waals surface area contributed by atoms with E-state index in [1.807, 2.05) is 30.5 Å². The minimum absolute atomic E-state index is 0.178. The lowest BCUT2D eigenvalue weighted by Crippen LogP contribution is -2.41. The van der Waals surface area contributed by atoms with Crippen molar-refractivity contribution >= 4 is 11.9 Å². The van der Waals surface area contributed by atoms with Crippen LogP contribution in [-0.4, -0.2) is 59.0 Å². The average Bonchev–Trinajstić information content (AvgIpc) is 3.23. The molecule has 30 heavy (non-hydrogen) atoms. The molecule has 1 amide bonds. The Labute approximate surface area is 179 Å². The molecule has 2 aromatic rings. The van der Waals surface area contributed by atoms with Crippen LogP contribution in [0.1, 0.15) is 39.5 Å². The highest BCUT2D eigenvalue weighted by Gasteiger charge is 2.28. The highest BCUT2D eigenvalue weighted by atomic mass is 16.1. The summed E-state index contributed by atoms with van der Waals surface area (Å²) in [7, 11) is 0. The van der Waals surface area contributed by atoms with Crippen LogP contribution >= 0.6 is 0 Å². The number of rotatable bonds is 6. The topological polar surface area (TPSA) is 61.4 Å². The zero-order valence-electron chi connectivity index (χ0n) is 18.1. The summed E-state index contributed by atoms with van der Waals surface area (Å²) < 4.78 is 0. The van der Waals surface area contributed by atoms with Gasteiger partial charge in [0.15, 0.2) is 0 Å². The first kappa shape index (κ1) is 20.8. The van der Waals surface area contributed by atoms with Gasteiger partial charge in [0, 0.05) is 43.4 Å². The van der Waals surface area contributed by atoms with E-state index in [2.05, 4.69) is 46.1 Å². The smallest absolute Gasteiger partial charge is 0.225 e. The second kappa shape index (κ2) is 9.56. The molecule has 2 fully saturated rings. The minimum Gasteiger partial charge on any atom is -0.352 e. The highest BCUT2D eigenvalue weighted by molar-refractivity contribution is 5.76. The number of anilines is 1. The van der Waals surface area contributed by atoms with Crippen molar-refractivity contribution in [3.63, 3.8) is 0 Å². The van der Waals surface area contributed by atoms with Gasteiger partial charge in [0.05, 0.1) is 5.69 Å². The Balaban J connectivity index is 1.27. The third-order valence-electron chi connectivity index (χ3n) is 6.40. The lowest BCUT2D eigenvalue weighted by atomic mass is 9.92. The van der Waals surface area contributed by atoms with Gasteiger partial charge in [-0.3, -0.25) is 4.79 Å². The van der Waals surface area contributed by atoms with Crippen molar-refractivity contribution in [1.29, 1.82) is 0 Å². The van der Waals surface area contributed by atoms with E-state index >= 15 is 0 Å². The zero-order valence-corrected chi connectivity index (χ0v) is 18.1. The summed E-state index contributed by atoms with van der Waals surface area (Å²) >= 11 is 0. The van der Waals surface area contributed by atoms with Crippen LogP contribution in [0, 0.1) is 5.92 Å². The van der Waals surface area contributed by atoms with E-state index in [9.17, 15) is 4.79 Å². The van der Waals surface area contributed by atoms with Gasteiger partial charge >= 0.3 is 0 Å². The molecule has 3 heterocycles. The molecule has 0 radical (unpaired) electrons. The van der Waals surface area contributed by atoms with Gasteiger partial charge in [-0.05, 0) is 58.2 Å². The molecule has 1 aromatic carbocycles. The van der Waals surface area contributed by atoms with Crippen LogP contribution in [0.15, 0.2) is 42.6 Å². The average molecular weight is 408 g/mol. The minimum atomic E-state index is 0.178. The third-order valence-corrected chi connectivity index (χ3v) is 6.40. The Morgan fingerprint density at radius 1 is 1.10 bits per heavy atom. The number of likely N-dealkylation sites (tertiary alicyclic amines) is 1. The molecule has 6 heteroatoms. The molecule has 1 N–H and O–H groups in total. The lowest BCUT2D eigenvalue weighted by molar-refractivity contribution is -0.123. The van der Waals surface area contributed by atoms with E-state index < -0.39 is 0 Å². The van der Waals surface area contributed by atoms with Gasteiger partial charge in [-0.2, -0.15) is 0 Å². The largest absolute Gasteiger partial charge is 0.352 e. The van der Waals surface area contributed by atoms with Crippen molar-refractivity contribution in [2.45, 2.75) is 51.6 Å². The van der Waals surface area contributed by atoms with Gasteiger partial charge in [-0.25, -0.2) is 9.97 Å². The van der Waals surface area contributed by atoms with Crippen LogP contribution in [0.4, 0.5) is 5.95 Å². The Kier molecular flexibility index (Phi) is 6.62. The number of hydrogen-bond acceptors (Lipinski definition) is 5. The van der Waals surface area contributed by atoms with E-state index in [0.717, 1.165) is 62.6 Å². The molecule has 1 unspecified atom stereocenters. The zero-order chi connectivity index (χ0) is 20.9. The lowest BCUT2D eigenvalue weighted by Gasteiger charge is -2.34. The number of amides is 1. The van der Waals surface area contributed by atoms with E-state index in [1.54, 1.807) is 0 Å². The summed E-state index contributed by atoms with van der Waals surface area (Å²) in [5.41, 5.74) is 2.02. The van der Waals surface area contributed by atoms with Crippen LogP contribution in [0.2, 0.25) is 0 Å². The van der Waals surface area contributed by atoms with Crippen LogP contribution < -0.4 is 10.2 Å². The van der Waals surface area contributed by atoms with Crippen LogP contribution in [-0.2, 0) is 4.79 Å². The Hall–Kier alpha value is -2.47. The van der Waals surface area contributed by atoms with Crippen LogP contribution in [0.25, 0.3) is 11.3 Å². The molecule has 0 saturated carbocycles. The van der Waals surface area contributed by atoms with E-state index in [0.29, 0.717) is 18.4 Å². The first-order valence-electron chi connectivity index (χ1n) is 11.3. The Morgan fingerprint density at radius 2 is 1.87 bits per heavy atom. The molecule has 4 rings (SSSR count). The first-order valence-corrected chi connectivity index (χ1v) is 11.3. The summed E-state index contributed by atoms with van der Waals surface area (Å²) in [5.74, 6) is 1.46. The van der Waals surface area contributed by atoms with Crippen molar-refractivity contribution in [2.24, 2.45) is 5.92 Å². The second-order valence-corrected chi connectivity index (χ2v) is 8.88. The van der Waals surface area contributed by atoms with Crippen LogP contribution in [0.3, 0.4) is 0 Å². The van der Waals surface area contributed by atoms with Gasteiger partial charge in [0.25, 0.3) is 0 Å². The molecular formula is C24H33N5O. The van der Waals surface area contributed by atoms with E-state index in [4.69, 9.17) is 4.98 Å². The highest BCUT2D eigenvalue weighted by Crippen LogP contribution is 2.23. The molecule has 0 spiro atoms. The van der Waals surface area contributed by atoms with Gasteiger partial charge in [-0.15, -0.1) is 0 Å². The number of nitrogens with one attached hydrogen (secondary N) is 1. The fourth-order valence-electron chi connectivity index (χ4n) is 4.55. The van der Waals surface area contributed by atoms with Gasteiger partial charge in [0.2, 0.25) is 11.9 Å². The maximum Gasteiger partial charge on any atom is 0.225 e. The molecule has 0 bridgehead atoms. The fourth-order valence-corrected chi connectivity index (χ4v) is 4.55. The molecule has 0 aliphatic carbocycles. The van der Waals surface area contributed by atoms with Gasteiger partial charge < -0.3 is 15.1 Å². The Morgan fingerprint density at radius 3 is 2.60 bits per heavy atom. The van der Waals surface area contributed by atoms with Crippen molar-refractivity contribution < 1.29 is 4.79 Å². The number of benzene rings is 1. The molecular weight excluding hydrogens is 374 g/mol. The number of nitrogens with zero attached hydrogens (tertiary/aromatic N) is 4. The number of carbonyl (C=O) groups excluding carboxylic acids is 1. The number of aromatic nitrogens is 2. The maximum atomic E-state index is 12.6.